The molecule has 2 rings (SSSR count). The van der Waals surface area contributed by atoms with Gasteiger partial charge in [-0.1, -0.05) is 18.2 Å². The summed E-state index contributed by atoms with van der Waals surface area (Å²) in [7, 11) is 0. The van der Waals surface area contributed by atoms with Crippen LogP contribution in [-0.2, 0) is 6.54 Å². The van der Waals surface area contributed by atoms with E-state index in [-0.39, 0.29) is 5.75 Å². The maximum atomic E-state index is 12.3. The van der Waals surface area contributed by atoms with Crippen LogP contribution in [-0.4, -0.2) is 11.6 Å². The number of para-hydroxylation sites is 1. The van der Waals surface area contributed by atoms with Crippen LogP contribution in [0.1, 0.15) is 5.56 Å². The van der Waals surface area contributed by atoms with Gasteiger partial charge in [-0.15, -0.1) is 0 Å². The second-order valence-corrected chi connectivity index (χ2v) is 4.43. The molecule has 0 saturated carbocycles. The molecule has 0 amide bonds. The number of nitrogens with one attached hydrogen (secondary N) is 1. The van der Waals surface area contributed by atoms with Gasteiger partial charge in [0.2, 0.25) is 0 Å². The van der Waals surface area contributed by atoms with E-state index in [4.69, 9.17) is 0 Å². The monoisotopic (exact) mass is 328 g/mol. The number of ether oxygens (including phenoxy) is 1. The lowest BCUT2D eigenvalue weighted by atomic mass is 10.2. The van der Waals surface area contributed by atoms with Crippen molar-refractivity contribution < 1.29 is 13.5 Å². The largest absolute Gasteiger partial charge is 0.434 e. The highest BCUT2D eigenvalue weighted by atomic mass is 79.9. The van der Waals surface area contributed by atoms with Gasteiger partial charge >= 0.3 is 6.61 Å². The van der Waals surface area contributed by atoms with Gasteiger partial charge in [0.25, 0.3) is 0 Å². The maximum absolute atomic E-state index is 12.3. The van der Waals surface area contributed by atoms with Gasteiger partial charge in [-0.3, -0.25) is 0 Å². The van der Waals surface area contributed by atoms with E-state index in [0.29, 0.717) is 16.7 Å². The number of nitrogens with zero attached hydrogens (tertiary/aromatic N) is 1. The van der Waals surface area contributed by atoms with E-state index in [1.54, 1.807) is 30.5 Å². The number of anilines is 1. The Balaban J connectivity index is 2.09. The minimum atomic E-state index is -2.83. The van der Waals surface area contributed by atoms with Crippen LogP contribution in [0.2, 0.25) is 0 Å². The molecule has 2 aromatic rings. The summed E-state index contributed by atoms with van der Waals surface area (Å²) in [6.07, 6.45) is 1.66. The number of halogens is 3. The van der Waals surface area contributed by atoms with Crippen LogP contribution < -0.4 is 10.1 Å². The lowest BCUT2D eigenvalue weighted by Crippen LogP contribution is -2.07. The lowest BCUT2D eigenvalue weighted by Gasteiger charge is -2.12. The van der Waals surface area contributed by atoms with Crippen molar-refractivity contribution >= 4 is 21.6 Å². The van der Waals surface area contributed by atoms with Gasteiger partial charge in [0, 0.05) is 18.3 Å². The van der Waals surface area contributed by atoms with E-state index < -0.39 is 6.61 Å². The molecule has 0 aliphatic rings. The summed E-state index contributed by atoms with van der Waals surface area (Å²) < 4.78 is 29.7. The molecule has 1 N–H and O–H groups in total. The Morgan fingerprint density at radius 1 is 1.21 bits per heavy atom. The third-order valence-corrected chi connectivity index (χ3v) is 3.05. The Labute approximate surface area is 117 Å². The van der Waals surface area contributed by atoms with Crippen molar-refractivity contribution in [1.29, 1.82) is 0 Å². The molecule has 0 atom stereocenters. The summed E-state index contributed by atoms with van der Waals surface area (Å²) in [5.41, 5.74) is 1.44. The summed E-state index contributed by atoms with van der Waals surface area (Å²) in [6, 6.07) is 10.3. The number of aromatic nitrogens is 1. The Bertz CT molecular complexity index is 552. The highest BCUT2D eigenvalue weighted by Crippen LogP contribution is 2.23. The van der Waals surface area contributed by atoms with Crippen LogP contribution in [0.25, 0.3) is 0 Å². The molecule has 0 radical (unpaired) electrons. The van der Waals surface area contributed by atoms with Crippen LogP contribution >= 0.6 is 15.9 Å². The fourth-order valence-corrected chi connectivity index (χ4v) is 1.96. The smallest absolute Gasteiger partial charge is 0.387 e. The standard InChI is InChI=1S/C13H11BrF2N2O/c14-12-10(5-3-7-17-12)18-8-9-4-1-2-6-11(9)19-13(15)16/h1-7,13,18H,8H2. The van der Waals surface area contributed by atoms with Crippen molar-refractivity contribution in [2.75, 3.05) is 5.32 Å². The molecule has 0 saturated heterocycles. The molecule has 100 valence electrons. The van der Waals surface area contributed by atoms with Crippen molar-refractivity contribution in [2.24, 2.45) is 0 Å². The van der Waals surface area contributed by atoms with Crippen LogP contribution in [0.3, 0.4) is 0 Å². The number of hydrogen-bond donors (Lipinski definition) is 1. The van der Waals surface area contributed by atoms with Crippen LogP contribution in [0, 0.1) is 0 Å². The zero-order chi connectivity index (χ0) is 13.7. The highest BCUT2D eigenvalue weighted by molar-refractivity contribution is 9.10. The van der Waals surface area contributed by atoms with Gasteiger partial charge in [0.1, 0.15) is 10.4 Å². The van der Waals surface area contributed by atoms with Gasteiger partial charge in [0.05, 0.1) is 5.69 Å². The van der Waals surface area contributed by atoms with E-state index in [2.05, 4.69) is 31.0 Å². The molecule has 3 nitrogen and oxygen atoms in total. The first-order valence-electron chi connectivity index (χ1n) is 5.54. The fourth-order valence-electron chi connectivity index (χ4n) is 1.57. The lowest BCUT2D eigenvalue weighted by molar-refractivity contribution is -0.0504. The molecule has 0 unspecified atom stereocenters. The molecule has 0 bridgehead atoms. The molecule has 1 aromatic carbocycles. The average molecular weight is 329 g/mol. The van der Waals surface area contributed by atoms with Crippen LogP contribution in [0.5, 0.6) is 5.75 Å². The number of benzene rings is 1. The molecule has 19 heavy (non-hydrogen) atoms. The molecule has 0 fully saturated rings. The number of pyridine rings is 1. The van der Waals surface area contributed by atoms with Gasteiger partial charge in [0.15, 0.2) is 0 Å². The van der Waals surface area contributed by atoms with Crippen molar-refractivity contribution in [2.45, 2.75) is 13.2 Å². The van der Waals surface area contributed by atoms with Crippen LogP contribution in [0.15, 0.2) is 47.2 Å². The zero-order valence-corrected chi connectivity index (χ0v) is 11.4. The number of hydrogen-bond acceptors (Lipinski definition) is 3. The first kappa shape index (κ1) is 13.7. The molecule has 0 aliphatic carbocycles. The first-order chi connectivity index (χ1) is 9.16. The Morgan fingerprint density at radius 3 is 2.74 bits per heavy atom. The Morgan fingerprint density at radius 2 is 2.00 bits per heavy atom. The van der Waals surface area contributed by atoms with E-state index in [1.807, 2.05) is 6.07 Å². The zero-order valence-electron chi connectivity index (χ0n) is 9.82. The third kappa shape index (κ3) is 3.89. The summed E-state index contributed by atoms with van der Waals surface area (Å²) >= 11 is 3.30. The molecule has 1 aromatic heterocycles. The molecular weight excluding hydrogens is 318 g/mol. The van der Waals surface area contributed by atoms with Crippen molar-refractivity contribution in [3.05, 3.63) is 52.8 Å². The van der Waals surface area contributed by atoms with Gasteiger partial charge < -0.3 is 10.1 Å². The maximum Gasteiger partial charge on any atom is 0.387 e. The molecule has 1 heterocycles. The van der Waals surface area contributed by atoms with Gasteiger partial charge in [-0.05, 0) is 34.1 Å². The quantitative estimate of drug-likeness (QED) is 0.840. The molecule has 0 aliphatic heterocycles. The van der Waals surface area contributed by atoms with Crippen molar-refractivity contribution in [3.8, 4) is 5.75 Å². The van der Waals surface area contributed by atoms with Crippen molar-refractivity contribution in [1.82, 2.24) is 4.98 Å². The Hall–Kier alpha value is -1.69. The SMILES string of the molecule is FC(F)Oc1ccccc1CNc1cccnc1Br. The predicted octanol–water partition coefficient (Wildman–Crippen LogP) is 4.06. The number of alkyl halides is 2. The second-order valence-electron chi connectivity index (χ2n) is 3.68. The van der Waals surface area contributed by atoms with Crippen molar-refractivity contribution in [3.63, 3.8) is 0 Å². The van der Waals surface area contributed by atoms with E-state index >= 15 is 0 Å². The second kappa shape index (κ2) is 6.47. The minimum Gasteiger partial charge on any atom is -0.434 e. The summed E-state index contributed by atoms with van der Waals surface area (Å²) in [6.45, 7) is -2.46. The topological polar surface area (TPSA) is 34.1 Å². The van der Waals surface area contributed by atoms with Gasteiger partial charge in [-0.25, -0.2) is 4.98 Å². The van der Waals surface area contributed by atoms with E-state index in [9.17, 15) is 8.78 Å². The van der Waals surface area contributed by atoms with E-state index in [0.717, 1.165) is 5.69 Å². The van der Waals surface area contributed by atoms with Crippen LogP contribution in [0.4, 0.5) is 14.5 Å². The molecule has 0 spiro atoms. The van der Waals surface area contributed by atoms with E-state index in [1.165, 1.54) is 6.07 Å². The first-order valence-corrected chi connectivity index (χ1v) is 6.33. The molecule has 6 heteroatoms. The molecular formula is C13H11BrF2N2O. The normalized spacial score (nSPS) is 10.5. The summed E-state index contributed by atoms with van der Waals surface area (Å²) in [4.78, 5) is 4.07. The highest BCUT2D eigenvalue weighted by Gasteiger charge is 2.09. The summed E-state index contributed by atoms with van der Waals surface area (Å²) in [5.74, 6) is 0.171. The predicted molar refractivity (Wildman–Crippen MR) is 72.3 cm³/mol. The number of rotatable bonds is 5. The average Bonchev–Trinajstić information content (AvgIpc) is 2.39. The van der Waals surface area contributed by atoms with Gasteiger partial charge in [-0.2, -0.15) is 8.78 Å². The summed E-state index contributed by atoms with van der Waals surface area (Å²) in [5, 5.41) is 3.11. The third-order valence-electron chi connectivity index (χ3n) is 2.42. The Kier molecular flexibility index (Phi) is 4.68. The minimum absolute atomic E-state index is 0.171. The fraction of sp³-hybridized carbons (Fsp3) is 0.154.